The summed E-state index contributed by atoms with van der Waals surface area (Å²) in [5.41, 5.74) is 2.65. The smallest absolute Gasteiger partial charge is 0.240 e. The zero-order valence-corrected chi connectivity index (χ0v) is 18.0. The molecule has 2 aromatic carbocycles. The van der Waals surface area contributed by atoms with Gasteiger partial charge in [0.05, 0.1) is 10.9 Å². The molecule has 0 radical (unpaired) electrons. The van der Waals surface area contributed by atoms with Crippen molar-refractivity contribution in [2.75, 3.05) is 27.2 Å². The summed E-state index contributed by atoms with van der Waals surface area (Å²) in [5.74, 6) is -0.613. The highest BCUT2D eigenvalue weighted by Gasteiger charge is 2.17. The van der Waals surface area contributed by atoms with Crippen LogP contribution in [0.2, 0.25) is 0 Å². The molecular formula is C21H28FN3O3S. The molecule has 2 aromatic rings. The number of nitrogens with zero attached hydrogens (tertiary/aromatic N) is 1. The third-order valence-electron chi connectivity index (χ3n) is 4.78. The largest absolute Gasteiger partial charge is 0.354 e. The quantitative estimate of drug-likeness (QED) is 0.652. The van der Waals surface area contributed by atoms with Gasteiger partial charge in [0.1, 0.15) is 5.82 Å². The number of hydrogen-bond donors (Lipinski definition) is 2. The van der Waals surface area contributed by atoms with Gasteiger partial charge < -0.3 is 10.2 Å². The van der Waals surface area contributed by atoms with Gasteiger partial charge in [-0.3, -0.25) is 4.79 Å². The molecule has 1 unspecified atom stereocenters. The van der Waals surface area contributed by atoms with Gasteiger partial charge in [-0.1, -0.05) is 18.2 Å². The van der Waals surface area contributed by atoms with Crippen LogP contribution in [0.25, 0.3) is 0 Å². The van der Waals surface area contributed by atoms with Crippen molar-refractivity contribution in [2.45, 2.75) is 31.2 Å². The van der Waals surface area contributed by atoms with E-state index in [0.717, 1.165) is 16.7 Å². The first kappa shape index (κ1) is 23.0. The Morgan fingerprint density at radius 1 is 1.10 bits per heavy atom. The van der Waals surface area contributed by atoms with Crippen molar-refractivity contribution in [3.63, 3.8) is 0 Å². The Morgan fingerprint density at radius 2 is 1.83 bits per heavy atom. The SMILES string of the molecule is Cc1ccc(S(=O)(=O)NCCC(=O)NCC(c2cccc(F)c2)N(C)C)cc1C. The lowest BCUT2D eigenvalue weighted by atomic mass is 10.1. The van der Waals surface area contributed by atoms with Gasteiger partial charge in [0.25, 0.3) is 0 Å². The number of halogens is 1. The summed E-state index contributed by atoms with van der Waals surface area (Å²) in [6.45, 7) is 4.04. The van der Waals surface area contributed by atoms with Gasteiger partial charge in [0, 0.05) is 19.5 Å². The van der Waals surface area contributed by atoms with E-state index in [1.54, 1.807) is 30.3 Å². The van der Waals surface area contributed by atoms with Gasteiger partial charge >= 0.3 is 0 Å². The lowest BCUT2D eigenvalue weighted by Crippen LogP contribution is -2.36. The van der Waals surface area contributed by atoms with Gasteiger partial charge in [-0.2, -0.15) is 0 Å². The molecule has 2 N–H and O–H groups in total. The minimum absolute atomic E-state index is 0.00626. The number of aryl methyl sites for hydroxylation is 2. The number of likely N-dealkylation sites (N-methyl/N-ethyl adjacent to an activating group) is 1. The van der Waals surface area contributed by atoms with E-state index >= 15 is 0 Å². The summed E-state index contributed by atoms with van der Waals surface area (Å²) in [6, 6.07) is 11.0. The number of nitrogens with one attached hydrogen (secondary N) is 2. The summed E-state index contributed by atoms with van der Waals surface area (Å²) in [6.07, 6.45) is 0.00731. The van der Waals surface area contributed by atoms with Crippen LogP contribution in [0.15, 0.2) is 47.4 Å². The zero-order valence-electron chi connectivity index (χ0n) is 17.2. The lowest BCUT2D eigenvalue weighted by Gasteiger charge is -2.25. The van der Waals surface area contributed by atoms with Crippen molar-refractivity contribution in [1.29, 1.82) is 0 Å². The molecule has 0 saturated heterocycles. The number of sulfonamides is 1. The average molecular weight is 422 g/mol. The molecule has 0 spiro atoms. The Labute approximate surface area is 172 Å². The van der Waals surface area contributed by atoms with Crippen LogP contribution in [0, 0.1) is 19.7 Å². The Balaban J connectivity index is 1.88. The van der Waals surface area contributed by atoms with Crippen LogP contribution < -0.4 is 10.0 Å². The fourth-order valence-electron chi connectivity index (χ4n) is 2.87. The highest BCUT2D eigenvalue weighted by atomic mass is 32.2. The van der Waals surface area contributed by atoms with Crippen LogP contribution >= 0.6 is 0 Å². The van der Waals surface area contributed by atoms with Gasteiger partial charge in [-0.25, -0.2) is 17.5 Å². The monoisotopic (exact) mass is 421 g/mol. The van der Waals surface area contributed by atoms with Crippen molar-refractivity contribution in [3.8, 4) is 0 Å². The second-order valence-electron chi connectivity index (χ2n) is 7.23. The highest BCUT2D eigenvalue weighted by molar-refractivity contribution is 7.89. The van der Waals surface area contributed by atoms with Crippen molar-refractivity contribution in [1.82, 2.24) is 14.9 Å². The highest BCUT2D eigenvalue weighted by Crippen LogP contribution is 2.18. The first-order chi connectivity index (χ1) is 13.6. The molecule has 0 bridgehead atoms. The maximum absolute atomic E-state index is 13.5. The summed E-state index contributed by atoms with van der Waals surface area (Å²) >= 11 is 0. The van der Waals surface area contributed by atoms with Crippen LogP contribution in [0.1, 0.15) is 29.2 Å². The molecule has 6 nitrogen and oxygen atoms in total. The normalized spacial score (nSPS) is 12.8. The van der Waals surface area contributed by atoms with Crippen molar-refractivity contribution < 1.29 is 17.6 Å². The first-order valence-electron chi connectivity index (χ1n) is 9.35. The molecule has 0 aliphatic carbocycles. The third kappa shape index (κ3) is 6.62. The minimum Gasteiger partial charge on any atom is -0.354 e. The number of carbonyl (C=O) groups excluding carboxylic acids is 1. The third-order valence-corrected chi connectivity index (χ3v) is 6.24. The second-order valence-corrected chi connectivity index (χ2v) is 9.00. The van der Waals surface area contributed by atoms with Crippen molar-refractivity contribution >= 4 is 15.9 Å². The molecule has 29 heavy (non-hydrogen) atoms. The zero-order chi connectivity index (χ0) is 21.6. The van der Waals surface area contributed by atoms with Crippen LogP contribution in [0.5, 0.6) is 0 Å². The van der Waals surface area contributed by atoms with Gasteiger partial charge in [-0.15, -0.1) is 0 Å². The molecule has 0 aliphatic rings. The van der Waals surface area contributed by atoms with E-state index < -0.39 is 10.0 Å². The molecular weight excluding hydrogens is 393 g/mol. The maximum Gasteiger partial charge on any atom is 0.240 e. The molecule has 1 amide bonds. The first-order valence-corrected chi connectivity index (χ1v) is 10.8. The van der Waals surface area contributed by atoms with Crippen molar-refractivity contribution in [3.05, 3.63) is 65.0 Å². The molecule has 0 fully saturated rings. The number of carbonyl (C=O) groups is 1. The number of rotatable bonds is 9. The Kier molecular flexibility index (Phi) is 7.89. The second kappa shape index (κ2) is 9.96. The predicted molar refractivity (Wildman–Crippen MR) is 112 cm³/mol. The molecule has 0 heterocycles. The van der Waals surface area contributed by atoms with E-state index in [-0.39, 0.29) is 35.6 Å². The van der Waals surface area contributed by atoms with Crippen LogP contribution in [0.3, 0.4) is 0 Å². The summed E-state index contributed by atoms with van der Waals surface area (Å²) < 4.78 is 40.7. The standard InChI is InChI=1S/C21H28FN3O3S/c1-15-8-9-19(12-16(15)2)29(27,28)24-11-10-21(26)23-14-20(25(3)4)17-6-5-7-18(22)13-17/h5-9,12-13,20,24H,10-11,14H2,1-4H3,(H,23,26). The molecule has 0 aliphatic heterocycles. The Bertz CT molecular complexity index is 961. The topological polar surface area (TPSA) is 78.5 Å². The van der Waals surface area contributed by atoms with Gasteiger partial charge in [-0.05, 0) is 68.9 Å². The molecule has 0 aromatic heterocycles. The van der Waals surface area contributed by atoms with E-state index in [1.165, 1.54) is 12.1 Å². The van der Waals surface area contributed by atoms with E-state index in [9.17, 15) is 17.6 Å². The summed E-state index contributed by atoms with van der Waals surface area (Å²) in [7, 11) is 0.0257. The predicted octanol–water partition coefficient (Wildman–Crippen LogP) is 2.53. The molecule has 158 valence electrons. The fraction of sp³-hybridized carbons (Fsp3) is 0.381. The maximum atomic E-state index is 13.5. The average Bonchev–Trinajstić information content (AvgIpc) is 2.63. The molecule has 0 saturated carbocycles. The number of benzene rings is 2. The van der Waals surface area contributed by atoms with Gasteiger partial charge in [0.2, 0.25) is 15.9 Å². The molecule has 8 heteroatoms. The van der Waals surface area contributed by atoms with E-state index in [1.807, 2.05) is 32.8 Å². The van der Waals surface area contributed by atoms with Gasteiger partial charge in [0.15, 0.2) is 0 Å². The summed E-state index contributed by atoms with van der Waals surface area (Å²) in [5, 5.41) is 2.79. The summed E-state index contributed by atoms with van der Waals surface area (Å²) in [4.78, 5) is 14.2. The van der Waals surface area contributed by atoms with E-state index in [4.69, 9.17) is 0 Å². The lowest BCUT2D eigenvalue weighted by molar-refractivity contribution is -0.121. The Hall–Kier alpha value is -2.29. The van der Waals surface area contributed by atoms with Crippen LogP contribution in [-0.4, -0.2) is 46.4 Å². The number of amides is 1. The van der Waals surface area contributed by atoms with E-state index in [2.05, 4.69) is 10.0 Å². The van der Waals surface area contributed by atoms with E-state index in [0.29, 0.717) is 6.54 Å². The fourth-order valence-corrected chi connectivity index (χ4v) is 3.99. The number of hydrogen-bond acceptors (Lipinski definition) is 4. The van der Waals surface area contributed by atoms with Crippen LogP contribution in [-0.2, 0) is 14.8 Å². The van der Waals surface area contributed by atoms with Crippen LogP contribution in [0.4, 0.5) is 4.39 Å². The molecule has 2 rings (SSSR count). The van der Waals surface area contributed by atoms with Crippen molar-refractivity contribution in [2.24, 2.45) is 0 Å². The Morgan fingerprint density at radius 3 is 2.45 bits per heavy atom. The molecule has 1 atom stereocenters. The minimum atomic E-state index is -3.67.